The zero-order valence-electron chi connectivity index (χ0n) is 14.7. The van der Waals surface area contributed by atoms with Crippen LogP contribution in [0, 0.1) is 5.82 Å². The van der Waals surface area contributed by atoms with Crippen molar-refractivity contribution in [2.24, 2.45) is 0 Å². The van der Waals surface area contributed by atoms with E-state index in [1.807, 2.05) is 12.1 Å². The molecule has 2 aliphatic heterocycles. The number of carbonyl (C=O) groups is 2. The summed E-state index contributed by atoms with van der Waals surface area (Å²) >= 11 is 5.69. The highest BCUT2D eigenvalue weighted by Gasteiger charge is 2.46. The van der Waals surface area contributed by atoms with E-state index in [0.717, 1.165) is 5.56 Å². The standard InChI is InChI=1S/C21H19ClFNO3/c22-16-7-5-14(11-17(16)23)6-8-20(26)24-10-9-21(13-24)12-18(25)15-3-1-2-4-19(15)27-21/h1-5,7,11H,6,8-10,12-13H2. The molecule has 2 aromatic rings. The van der Waals surface area contributed by atoms with E-state index in [1.54, 1.807) is 23.1 Å². The Balaban J connectivity index is 1.40. The summed E-state index contributed by atoms with van der Waals surface area (Å²) in [6, 6.07) is 11.8. The molecule has 140 valence electrons. The van der Waals surface area contributed by atoms with Crippen LogP contribution in [0.15, 0.2) is 42.5 Å². The molecule has 0 aliphatic carbocycles. The molecule has 0 N–H and O–H groups in total. The van der Waals surface area contributed by atoms with Crippen LogP contribution in [0.25, 0.3) is 0 Å². The first kappa shape index (κ1) is 18.0. The number of nitrogens with zero attached hydrogens (tertiary/aromatic N) is 1. The Morgan fingerprint density at radius 2 is 2.07 bits per heavy atom. The number of likely N-dealkylation sites (tertiary alicyclic amines) is 1. The SMILES string of the molecule is O=C1CC2(CCN(C(=O)CCc3ccc(Cl)c(F)c3)C2)Oc2ccccc21. The lowest BCUT2D eigenvalue weighted by Crippen LogP contribution is -2.45. The Morgan fingerprint density at radius 1 is 1.26 bits per heavy atom. The summed E-state index contributed by atoms with van der Waals surface area (Å²) < 4.78 is 19.7. The lowest BCUT2D eigenvalue weighted by Gasteiger charge is -2.34. The number of para-hydroxylation sites is 1. The summed E-state index contributed by atoms with van der Waals surface area (Å²) in [5.41, 5.74) is 0.711. The lowest BCUT2D eigenvalue weighted by molar-refractivity contribution is -0.130. The van der Waals surface area contributed by atoms with Crippen LogP contribution in [0.2, 0.25) is 5.02 Å². The van der Waals surface area contributed by atoms with E-state index in [4.69, 9.17) is 16.3 Å². The number of carbonyl (C=O) groups excluding carboxylic acids is 2. The van der Waals surface area contributed by atoms with E-state index < -0.39 is 11.4 Å². The minimum absolute atomic E-state index is 0.0165. The third-order valence-corrected chi connectivity index (χ3v) is 5.58. The van der Waals surface area contributed by atoms with E-state index in [-0.39, 0.29) is 29.6 Å². The fourth-order valence-electron chi connectivity index (χ4n) is 3.83. The number of aryl methyl sites for hydroxylation is 1. The predicted octanol–water partition coefficient (Wildman–Crippen LogP) is 4.05. The van der Waals surface area contributed by atoms with Crippen molar-refractivity contribution in [3.05, 3.63) is 64.4 Å². The Kier molecular flexibility index (Phi) is 4.64. The molecular formula is C21H19ClFNO3. The maximum Gasteiger partial charge on any atom is 0.223 e. The van der Waals surface area contributed by atoms with E-state index in [9.17, 15) is 14.0 Å². The van der Waals surface area contributed by atoms with Gasteiger partial charge in [-0.1, -0.05) is 29.8 Å². The maximum atomic E-state index is 13.5. The summed E-state index contributed by atoms with van der Waals surface area (Å²) in [7, 11) is 0. The quantitative estimate of drug-likeness (QED) is 0.798. The topological polar surface area (TPSA) is 46.6 Å². The van der Waals surface area contributed by atoms with Crippen LogP contribution in [0.3, 0.4) is 0 Å². The van der Waals surface area contributed by atoms with Crippen LogP contribution in [0.4, 0.5) is 4.39 Å². The zero-order chi connectivity index (χ0) is 19.0. The van der Waals surface area contributed by atoms with Crippen LogP contribution in [-0.2, 0) is 11.2 Å². The van der Waals surface area contributed by atoms with Crippen LogP contribution in [0.1, 0.15) is 35.2 Å². The molecule has 0 radical (unpaired) electrons. The summed E-state index contributed by atoms with van der Waals surface area (Å²) in [6.45, 7) is 0.962. The third kappa shape index (κ3) is 3.56. The highest BCUT2D eigenvalue weighted by molar-refractivity contribution is 6.30. The maximum absolute atomic E-state index is 13.5. The molecule has 2 heterocycles. The van der Waals surface area contributed by atoms with Crippen LogP contribution >= 0.6 is 11.6 Å². The smallest absolute Gasteiger partial charge is 0.223 e. The lowest BCUT2D eigenvalue weighted by atomic mass is 9.89. The second-order valence-corrected chi connectivity index (χ2v) is 7.60. The highest BCUT2D eigenvalue weighted by atomic mass is 35.5. The molecule has 0 aromatic heterocycles. The predicted molar refractivity (Wildman–Crippen MR) is 99.7 cm³/mol. The largest absolute Gasteiger partial charge is 0.484 e. The summed E-state index contributed by atoms with van der Waals surface area (Å²) in [4.78, 5) is 26.8. The Labute approximate surface area is 161 Å². The normalized spacial score (nSPS) is 21.3. The van der Waals surface area contributed by atoms with E-state index >= 15 is 0 Å². The molecule has 6 heteroatoms. The van der Waals surface area contributed by atoms with Crippen molar-refractivity contribution in [3.63, 3.8) is 0 Å². The van der Waals surface area contributed by atoms with Gasteiger partial charge in [0, 0.05) is 19.4 Å². The number of Topliss-reactive ketones (excluding diaryl/α,β-unsaturated/α-hetero) is 1. The Bertz CT molecular complexity index is 916. The van der Waals surface area contributed by atoms with Crippen molar-refractivity contribution in [3.8, 4) is 5.75 Å². The Hall–Kier alpha value is -2.40. The van der Waals surface area contributed by atoms with Gasteiger partial charge in [0.15, 0.2) is 5.78 Å². The van der Waals surface area contributed by atoms with Gasteiger partial charge < -0.3 is 9.64 Å². The first-order valence-corrected chi connectivity index (χ1v) is 9.37. The van der Waals surface area contributed by atoms with Crippen molar-refractivity contribution in [2.45, 2.75) is 31.3 Å². The minimum atomic E-state index is -0.631. The minimum Gasteiger partial charge on any atom is -0.484 e. The number of ether oxygens (including phenoxy) is 1. The average Bonchev–Trinajstić information content (AvgIpc) is 3.05. The van der Waals surface area contributed by atoms with Gasteiger partial charge in [-0.15, -0.1) is 0 Å². The van der Waals surface area contributed by atoms with Gasteiger partial charge in [-0.05, 0) is 36.2 Å². The molecular weight excluding hydrogens is 369 g/mol. The number of hydrogen-bond acceptors (Lipinski definition) is 3. The monoisotopic (exact) mass is 387 g/mol. The molecule has 2 aromatic carbocycles. The number of hydrogen-bond donors (Lipinski definition) is 0. The zero-order valence-corrected chi connectivity index (χ0v) is 15.5. The second-order valence-electron chi connectivity index (χ2n) is 7.19. The van der Waals surface area contributed by atoms with Crippen molar-refractivity contribution in [1.82, 2.24) is 4.90 Å². The van der Waals surface area contributed by atoms with Gasteiger partial charge in [0.2, 0.25) is 5.91 Å². The molecule has 1 spiro atoms. The van der Waals surface area contributed by atoms with Gasteiger partial charge in [-0.2, -0.15) is 0 Å². The molecule has 27 heavy (non-hydrogen) atoms. The Morgan fingerprint density at radius 3 is 2.89 bits per heavy atom. The summed E-state index contributed by atoms with van der Waals surface area (Å²) in [6.07, 6.45) is 1.64. The number of amides is 1. The molecule has 1 atom stereocenters. The first-order chi connectivity index (χ1) is 13.0. The third-order valence-electron chi connectivity index (χ3n) is 5.28. The van der Waals surface area contributed by atoms with Crippen molar-refractivity contribution in [1.29, 1.82) is 0 Å². The van der Waals surface area contributed by atoms with Crippen LogP contribution in [0.5, 0.6) is 5.75 Å². The number of halogens is 2. The van der Waals surface area contributed by atoms with E-state index in [0.29, 0.717) is 37.2 Å². The summed E-state index contributed by atoms with van der Waals surface area (Å²) in [5.74, 6) is 0.161. The molecule has 0 saturated carbocycles. The highest BCUT2D eigenvalue weighted by Crippen LogP contribution is 2.38. The molecule has 4 nitrogen and oxygen atoms in total. The van der Waals surface area contributed by atoms with Gasteiger partial charge in [0.1, 0.15) is 17.2 Å². The number of fused-ring (bicyclic) bond motifs is 1. The number of ketones is 1. The second kappa shape index (κ2) is 6.97. The fraction of sp³-hybridized carbons (Fsp3) is 0.333. The van der Waals surface area contributed by atoms with Gasteiger partial charge in [0.25, 0.3) is 0 Å². The number of rotatable bonds is 3. The molecule has 1 unspecified atom stereocenters. The van der Waals surface area contributed by atoms with Crippen molar-refractivity contribution in [2.75, 3.05) is 13.1 Å². The fourth-order valence-corrected chi connectivity index (χ4v) is 3.95. The average molecular weight is 388 g/mol. The molecule has 1 saturated heterocycles. The molecule has 0 bridgehead atoms. The molecule has 1 amide bonds. The van der Waals surface area contributed by atoms with Crippen LogP contribution < -0.4 is 4.74 Å². The van der Waals surface area contributed by atoms with E-state index in [1.165, 1.54) is 12.1 Å². The van der Waals surface area contributed by atoms with Crippen molar-refractivity contribution >= 4 is 23.3 Å². The molecule has 2 aliphatic rings. The number of benzene rings is 2. The van der Waals surface area contributed by atoms with Crippen LogP contribution in [-0.4, -0.2) is 35.3 Å². The van der Waals surface area contributed by atoms with Gasteiger partial charge >= 0.3 is 0 Å². The van der Waals surface area contributed by atoms with E-state index in [2.05, 4.69) is 0 Å². The van der Waals surface area contributed by atoms with Gasteiger partial charge in [-0.25, -0.2) is 4.39 Å². The van der Waals surface area contributed by atoms with Crippen molar-refractivity contribution < 1.29 is 18.7 Å². The molecule has 1 fully saturated rings. The first-order valence-electron chi connectivity index (χ1n) is 8.99. The van der Waals surface area contributed by atoms with Gasteiger partial charge in [-0.3, -0.25) is 9.59 Å². The summed E-state index contributed by atoms with van der Waals surface area (Å²) in [5, 5.41) is 0.0750. The van der Waals surface area contributed by atoms with Gasteiger partial charge in [0.05, 0.1) is 23.6 Å². The molecule has 4 rings (SSSR count).